The van der Waals surface area contributed by atoms with E-state index in [1.807, 2.05) is 0 Å². The van der Waals surface area contributed by atoms with Crippen molar-refractivity contribution in [2.24, 2.45) is 0 Å². The number of nitrogens with zero attached hydrogens (tertiary/aromatic N) is 1. The van der Waals surface area contributed by atoms with Gasteiger partial charge >= 0.3 is 0 Å². The zero-order valence-corrected chi connectivity index (χ0v) is 11.2. The molecule has 1 N–H and O–H groups in total. The molecule has 0 atom stereocenters. The lowest BCUT2D eigenvalue weighted by atomic mass is 10.0. The van der Waals surface area contributed by atoms with Crippen LogP contribution >= 0.6 is 0 Å². The summed E-state index contributed by atoms with van der Waals surface area (Å²) in [5.41, 5.74) is 0. The fourth-order valence-corrected chi connectivity index (χ4v) is 3.65. The van der Waals surface area contributed by atoms with Gasteiger partial charge in [-0.15, -0.1) is 0 Å². The lowest BCUT2D eigenvalue weighted by Crippen LogP contribution is -2.46. The Labute approximate surface area is 106 Å². The molecule has 1 saturated heterocycles. The van der Waals surface area contributed by atoms with E-state index in [9.17, 15) is 0 Å². The van der Waals surface area contributed by atoms with Crippen molar-refractivity contribution in [2.45, 2.75) is 82.3 Å². The van der Waals surface area contributed by atoms with Crippen LogP contribution < -0.4 is 5.32 Å². The van der Waals surface area contributed by atoms with E-state index in [-0.39, 0.29) is 0 Å². The molecule has 0 aromatic carbocycles. The van der Waals surface area contributed by atoms with Crippen LogP contribution in [0.15, 0.2) is 0 Å². The number of hydrogen-bond donors (Lipinski definition) is 1. The second kappa shape index (κ2) is 5.71. The molecule has 2 heteroatoms. The van der Waals surface area contributed by atoms with E-state index < -0.39 is 0 Å². The van der Waals surface area contributed by atoms with Crippen LogP contribution in [0.4, 0.5) is 0 Å². The molecule has 0 aromatic rings. The second-order valence-corrected chi connectivity index (χ2v) is 6.40. The highest BCUT2D eigenvalue weighted by Crippen LogP contribution is 2.29. The SMILES string of the molecule is C1CCCC(NC2CCN(C3CC3)CC2)CC1. The van der Waals surface area contributed by atoms with E-state index in [4.69, 9.17) is 0 Å². The van der Waals surface area contributed by atoms with Gasteiger partial charge in [-0.2, -0.15) is 0 Å². The molecule has 3 aliphatic rings. The summed E-state index contributed by atoms with van der Waals surface area (Å²) in [6.45, 7) is 2.71. The zero-order chi connectivity index (χ0) is 11.5. The highest BCUT2D eigenvalue weighted by Gasteiger charge is 2.32. The van der Waals surface area contributed by atoms with Gasteiger partial charge in [-0.25, -0.2) is 0 Å². The van der Waals surface area contributed by atoms with Crippen LogP contribution in [0.3, 0.4) is 0 Å². The molecule has 0 aromatic heterocycles. The summed E-state index contributed by atoms with van der Waals surface area (Å²) in [5.74, 6) is 0. The van der Waals surface area contributed by atoms with Gasteiger partial charge in [0.15, 0.2) is 0 Å². The first kappa shape index (κ1) is 12.0. The average molecular weight is 236 g/mol. The van der Waals surface area contributed by atoms with E-state index in [0.717, 1.165) is 18.1 Å². The summed E-state index contributed by atoms with van der Waals surface area (Å²) in [7, 11) is 0. The third kappa shape index (κ3) is 3.45. The standard InChI is InChI=1S/C15H28N2/c1-2-4-6-13(5-3-1)16-14-9-11-17(12-10-14)15-7-8-15/h13-16H,1-12H2. The number of hydrogen-bond acceptors (Lipinski definition) is 2. The quantitative estimate of drug-likeness (QED) is 0.758. The lowest BCUT2D eigenvalue weighted by Gasteiger charge is -2.34. The van der Waals surface area contributed by atoms with Gasteiger partial charge in [0, 0.05) is 18.1 Å². The molecule has 98 valence electrons. The minimum atomic E-state index is 0.827. The maximum atomic E-state index is 3.95. The van der Waals surface area contributed by atoms with Gasteiger partial charge in [-0.1, -0.05) is 25.7 Å². The first-order valence-corrected chi connectivity index (χ1v) is 7.92. The predicted molar refractivity (Wildman–Crippen MR) is 72.2 cm³/mol. The molecular formula is C15H28N2. The van der Waals surface area contributed by atoms with E-state index in [2.05, 4.69) is 10.2 Å². The first-order chi connectivity index (χ1) is 8.42. The Morgan fingerprint density at radius 2 is 1.24 bits per heavy atom. The van der Waals surface area contributed by atoms with Crippen LogP contribution in [0.2, 0.25) is 0 Å². The van der Waals surface area contributed by atoms with Crippen molar-refractivity contribution in [3.8, 4) is 0 Å². The van der Waals surface area contributed by atoms with Gasteiger partial charge in [0.25, 0.3) is 0 Å². The summed E-state index contributed by atoms with van der Waals surface area (Å²) in [5, 5.41) is 3.95. The third-order valence-corrected chi connectivity index (χ3v) is 4.92. The van der Waals surface area contributed by atoms with Crippen LogP contribution in [-0.4, -0.2) is 36.1 Å². The summed E-state index contributed by atoms with van der Waals surface area (Å²) >= 11 is 0. The molecular weight excluding hydrogens is 208 g/mol. The molecule has 0 bridgehead atoms. The van der Waals surface area contributed by atoms with Crippen LogP contribution in [0, 0.1) is 0 Å². The van der Waals surface area contributed by atoms with Crippen LogP contribution in [0.25, 0.3) is 0 Å². The van der Waals surface area contributed by atoms with Crippen molar-refractivity contribution in [2.75, 3.05) is 13.1 Å². The van der Waals surface area contributed by atoms with Crippen molar-refractivity contribution in [1.29, 1.82) is 0 Å². The van der Waals surface area contributed by atoms with Crippen LogP contribution in [-0.2, 0) is 0 Å². The van der Waals surface area contributed by atoms with Gasteiger partial charge in [0.2, 0.25) is 0 Å². The monoisotopic (exact) mass is 236 g/mol. The van der Waals surface area contributed by atoms with Gasteiger partial charge in [-0.3, -0.25) is 0 Å². The summed E-state index contributed by atoms with van der Waals surface area (Å²) in [6.07, 6.45) is 14.5. The highest BCUT2D eigenvalue weighted by molar-refractivity contribution is 4.89. The number of rotatable bonds is 3. The fraction of sp³-hybridized carbons (Fsp3) is 1.00. The molecule has 1 heterocycles. The van der Waals surface area contributed by atoms with Crippen molar-refractivity contribution in [1.82, 2.24) is 10.2 Å². The molecule has 2 nitrogen and oxygen atoms in total. The minimum Gasteiger partial charge on any atom is -0.311 e. The molecule has 0 unspecified atom stereocenters. The largest absolute Gasteiger partial charge is 0.311 e. The second-order valence-electron chi connectivity index (χ2n) is 6.40. The zero-order valence-electron chi connectivity index (χ0n) is 11.2. The topological polar surface area (TPSA) is 15.3 Å². The van der Waals surface area contributed by atoms with Crippen LogP contribution in [0.1, 0.15) is 64.2 Å². The lowest BCUT2D eigenvalue weighted by molar-refractivity contribution is 0.180. The molecule has 3 fully saturated rings. The minimum absolute atomic E-state index is 0.827. The molecule has 2 aliphatic carbocycles. The summed E-state index contributed by atoms with van der Waals surface area (Å²) < 4.78 is 0. The third-order valence-electron chi connectivity index (χ3n) is 4.92. The van der Waals surface area contributed by atoms with Crippen molar-refractivity contribution >= 4 is 0 Å². The molecule has 2 saturated carbocycles. The Morgan fingerprint density at radius 1 is 0.647 bits per heavy atom. The van der Waals surface area contributed by atoms with Crippen molar-refractivity contribution in [3.05, 3.63) is 0 Å². The van der Waals surface area contributed by atoms with Gasteiger partial charge in [-0.05, 0) is 51.6 Å². The molecule has 17 heavy (non-hydrogen) atoms. The molecule has 1 aliphatic heterocycles. The van der Waals surface area contributed by atoms with Gasteiger partial charge in [0.1, 0.15) is 0 Å². The van der Waals surface area contributed by atoms with Gasteiger partial charge in [0.05, 0.1) is 0 Å². The average Bonchev–Trinajstić information content (AvgIpc) is 3.17. The Hall–Kier alpha value is -0.0800. The van der Waals surface area contributed by atoms with E-state index >= 15 is 0 Å². The molecule has 0 spiro atoms. The van der Waals surface area contributed by atoms with Crippen LogP contribution in [0.5, 0.6) is 0 Å². The predicted octanol–water partition coefficient (Wildman–Crippen LogP) is 2.93. The Balaban J connectivity index is 1.40. The Morgan fingerprint density at radius 3 is 1.82 bits per heavy atom. The number of likely N-dealkylation sites (tertiary alicyclic amines) is 1. The van der Waals surface area contributed by atoms with E-state index in [1.54, 1.807) is 0 Å². The number of nitrogens with one attached hydrogen (secondary N) is 1. The first-order valence-electron chi connectivity index (χ1n) is 7.92. The molecule has 0 radical (unpaired) electrons. The fourth-order valence-electron chi connectivity index (χ4n) is 3.65. The molecule has 3 rings (SSSR count). The summed E-state index contributed by atoms with van der Waals surface area (Å²) in [6, 6.07) is 2.65. The van der Waals surface area contributed by atoms with Gasteiger partial charge < -0.3 is 10.2 Å². The Bertz CT molecular complexity index is 221. The normalized spacial score (nSPS) is 30.4. The van der Waals surface area contributed by atoms with Crippen molar-refractivity contribution in [3.63, 3.8) is 0 Å². The molecule has 0 amide bonds. The Kier molecular flexibility index (Phi) is 4.02. The maximum absolute atomic E-state index is 3.95. The van der Waals surface area contributed by atoms with Crippen molar-refractivity contribution < 1.29 is 0 Å². The van der Waals surface area contributed by atoms with E-state index in [0.29, 0.717) is 0 Å². The number of piperidine rings is 1. The maximum Gasteiger partial charge on any atom is 0.00964 e. The smallest absolute Gasteiger partial charge is 0.00964 e. The summed E-state index contributed by atoms with van der Waals surface area (Å²) in [4.78, 5) is 2.73. The van der Waals surface area contributed by atoms with E-state index in [1.165, 1.54) is 77.3 Å². The highest BCUT2D eigenvalue weighted by atomic mass is 15.2.